The van der Waals surface area contributed by atoms with Crippen LogP contribution in [-0.2, 0) is 17.8 Å². The first-order valence-electron chi connectivity index (χ1n) is 10.6. The van der Waals surface area contributed by atoms with Crippen molar-refractivity contribution in [1.82, 2.24) is 4.98 Å². The number of nitrogens with one attached hydrogen (secondary N) is 1. The summed E-state index contributed by atoms with van der Waals surface area (Å²) in [5, 5.41) is 13.6. The number of hydrogen-bond donors (Lipinski definition) is 1. The van der Waals surface area contributed by atoms with E-state index in [-0.39, 0.29) is 5.57 Å². The number of anilines is 1. The first-order valence-corrected chi connectivity index (χ1v) is 12.2. The van der Waals surface area contributed by atoms with Crippen LogP contribution in [0.15, 0.2) is 84.6 Å². The SMILES string of the molecule is N#CC(=Cc1ccc(OCc2ccccc2)cc1)C(=O)Nc1ncc(Cc2cccc(Cl)c2Cl)s1. The third-order valence-corrected chi connectivity index (χ3v) is 6.75. The number of nitrogens with zero attached hydrogens (tertiary/aromatic N) is 2. The Morgan fingerprint density at radius 2 is 1.83 bits per heavy atom. The van der Waals surface area contributed by atoms with Crippen molar-refractivity contribution in [2.75, 3.05) is 5.32 Å². The van der Waals surface area contributed by atoms with Crippen LogP contribution < -0.4 is 10.1 Å². The summed E-state index contributed by atoms with van der Waals surface area (Å²) in [5.74, 6) is 0.169. The second-order valence-electron chi connectivity index (χ2n) is 7.49. The normalized spacial score (nSPS) is 11.1. The van der Waals surface area contributed by atoms with Crippen LogP contribution in [0, 0.1) is 11.3 Å². The number of aromatic nitrogens is 1. The molecule has 3 aromatic carbocycles. The van der Waals surface area contributed by atoms with Gasteiger partial charge in [-0.25, -0.2) is 4.98 Å². The molecule has 0 aliphatic rings. The number of nitriles is 1. The van der Waals surface area contributed by atoms with Gasteiger partial charge in [0.2, 0.25) is 0 Å². The molecule has 0 radical (unpaired) electrons. The van der Waals surface area contributed by atoms with E-state index < -0.39 is 5.91 Å². The van der Waals surface area contributed by atoms with E-state index in [0.717, 1.165) is 16.0 Å². The molecule has 0 bridgehead atoms. The highest BCUT2D eigenvalue weighted by molar-refractivity contribution is 7.15. The summed E-state index contributed by atoms with van der Waals surface area (Å²) in [7, 11) is 0. The van der Waals surface area contributed by atoms with Crippen LogP contribution in [0.1, 0.15) is 21.6 Å². The maximum Gasteiger partial charge on any atom is 0.268 e. The molecule has 0 unspecified atom stereocenters. The van der Waals surface area contributed by atoms with Crippen LogP contribution in [0.2, 0.25) is 10.0 Å². The lowest BCUT2D eigenvalue weighted by Crippen LogP contribution is -2.13. The third kappa shape index (κ3) is 6.71. The largest absolute Gasteiger partial charge is 0.489 e. The van der Waals surface area contributed by atoms with Gasteiger partial charge in [-0.05, 0) is 41.0 Å². The van der Waals surface area contributed by atoms with E-state index in [1.54, 1.807) is 36.5 Å². The smallest absolute Gasteiger partial charge is 0.268 e. The predicted molar refractivity (Wildman–Crippen MR) is 141 cm³/mol. The first-order chi connectivity index (χ1) is 17.0. The zero-order valence-corrected chi connectivity index (χ0v) is 20.7. The Labute approximate surface area is 217 Å². The quantitative estimate of drug-likeness (QED) is 0.198. The molecule has 8 heteroatoms. The summed E-state index contributed by atoms with van der Waals surface area (Å²) in [6.07, 6.45) is 3.73. The number of hydrogen-bond acceptors (Lipinski definition) is 5. The second kappa shape index (κ2) is 11.7. The van der Waals surface area contributed by atoms with Crippen LogP contribution in [0.5, 0.6) is 5.75 Å². The summed E-state index contributed by atoms with van der Waals surface area (Å²) >= 11 is 13.6. The summed E-state index contributed by atoms with van der Waals surface area (Å²) in [4.78, 5) is 17.8. The van der Waals surface area contributed by atoms with Gasteiger partial charge in [-0.15, -0.1) is 11.3 Å². The molecule has 4 aromatic rings. The maximum atomic E-state index is 12.6. The molecule has 1 heterocycles. The summed E-state index contributed by atoms with van der Waals surface area (Å²) in [6, 6.07) is 24.5. The number of carbonyl (C=O) groups excluding carboxylic acids is 1. The van der Waals surface area contributed by atoms with Crippen molar-refractivity contribution in [1.29, 1.82) is 5.26 Å². The van der Waals surface area contributed by atoms with Gasteiger partial charge in [-0.1, -0.05) is 77.8 Å². The van der Waals surface area contributed by atoms with Crippen LogP contribution in [-0.4, -0.2) is 10.9 Å². The van der Waals surface area contributed by atoms with Gasteiger partial charge in [0.05, 0.1) is 10.0 Å². The zero-order chi connectivity index (χ0) is 24.6. The van der Waals surface area contributed by atoms with E-state index in [0.29, 0.717) is 39.5 Å². The van der Waals surface area contributed by atoms with E-state index in [4.69, 9.17) is 27.9 Å². The van der Waals surface area contributed by atoms with Gasteiger partial charge in [0.1, 0.15) is 24.0 Å². The fraction of sp³-hybridized carbons (Fsp3) is 0.0741. The monoisotopic (exact) mass is 519 g/mol. The highest BCUT2D eigenvalue weighted by atomic mass is 35.5. The van der Waals surface area contributed by atoms with Crippen molar-refractivity contribution in [3.05, 3.63) is 116 Å². The Kier molecular flexibility index (Phi) is 8.17. The number of amides is 1. The zero-order valence-electron chi connectivity index (χ0n) is 18.4. The van der Waals surface area contributed by atoms with E-state index in [9.17, 15) is 10.1 Å². The molecule has 1 aromatic heterocycles. The molecule has 0 fully saturated rings. The minimum atomic E-state index is -0.529. The van der Waals surface area contributed by atoms with Gasteiger partial charge in [0.25, 0.3) is 5.91 Å². The van der Waals surface area contributed by atoms with E-state index in [1.807, 2.05) is 48.5 Å². The van der Waals surface area contributed by atoms with Gasteiger partial charge >= 0.3 is 0 Å². The second-order valence-corrected chi connectivity index (χ2v) is 9.39. The molecular weight excluding hydrogens is 501 g/mol. The van der Waals surface area contributed by atoms with Crippen molar-refractivity contribution in [3.8, 4) is 11.8 Å². The van der Waals surface area contributed by atoms with Crippen LogP contribution in [0.4, 0.5) is 5.13 Å². The third-order valence-electron chi connectivity index (χ3n) is 4.97. The minimum Gasteiger partial charge on any atom is -0.489 e. The summed E-state index contributed by atoms with van der Waals surface area (Å²) in [6.45, 7) is 0.460. The fourth-order valence-electron chi connectivity index (χ4n) is 3.20. The van der Waals surface area contributed by atoms with Crippen molar-refractivity contribution < 1.29 is 9.53 Å². The minimum absolute atomic E-state index is 0.0300. The molecule has 174 valence electrons. The molecule has 5 nitrogen and oxygen atoms in total. The molecule has 35 heavy (non-hydrogen) atoms. The van der Waals surface area contributed by atoms with Crippen molar-refractivity contribution >= 4 is 51.7 Å². The molecule has 1 N–H and O–H groups in total. The lowest BCUT2D eigenvalue weighted by molar-refractivity contribution is -0.112. The molecule has 0 spiro atoms. The maximum absolute atomic E-state index is 12.6. The standard InChI is InChI=1S/C27H19Cl2N3O2S/c28-24-8-4-7-20(25(24)29)14-23-16-31-27(35-23)32-26(33)21(15-30)13-18-9-11-22(12-10-18)34-17-19-5-2-1-3-6-19/h1-13,16H,14,17H2,(H,31,32,33). The molecule has 0 saturated heterocycles. The summed E-state index contributed by atoms with van der Waals surface area (Å²) in [5.41, 5.74) is 2.62. The van der Waals surface area contributed by atoms with Crippen LogP contribution in [0.25, 0.3) is 6.08 Å². The number of thiazole rings is 1. The van der Waals surface area contributed by atoms with Gasteiger partial charge in [-0.2, -0.15) is 5.26 Å². The molecule has 0 saturated carbocycles. The Hall–Kier alpha value is -3.63. The lowest BCUT2D eigenvalue weighted by atomic mass is 10.1. The molecule has 0 atom stereocenters. The topological polar surface area (TPSA) is 75.0 Å². The predicted octanol–water partition coefficient (Wildman–Crippen LogP) is 7.17. The number of carbonyl (C=O) groups is 1. The Bertz CT molecular complexity index is 1390. The number of rotatable bonds is 8. The molecule has 0 aliphatic carbocycles. The van der Waals surface area contributed by atoms with Crippen molar-refractivity contribution in [2.24, 2.45) is 0 Å². The Morgan fingerprint density at radius 3 is 2.57 bits per heavy atom. The van der Waals surface area contributed by atoms with E-state index >= 15 is 0 Å². The van der Waals surface area contributed by atoms with Crippen molar-refractivity contribution in [3.63, 3.8) is 0 Å². The van der Waals surface area contributed by atoms with E-state index in [1.165, 1.54) is 17.4 Å². The van der Waals surface area contributed by atoms with Gasteiger partial charge in [-0.3, -0.25) is 10.1 Å². The molecule has 1 amide bonds. The lowest BCUT2D eigenvalue weighted by Gasteiger charge is -2.06. The fourth-order valence-corrected chi connectivity index (χ4v) is 4.42. The van der Waals surface area contributed by atoms with Gasteiger partial charge in [0.15, 0.2) is 5.13 Å². The average molecular weight is 520 g/mol. The number of benzene rings is 3. The highest BCUT2D eigenvalue weighted by Gasteiger charge is 2.13. The average Bonchev–Trinajstić information content (AvgIpc) is 3.32. The van der Waals surface area contributed by atoms with Gasteiger partial charge in [0, 0.05) is 17.5 Å². The molecule has 4 rings (SSSR count). The molecule has 0 aliphatic heterocycles. The number of ether oxygens (including phenoxy) is 1. The highest BCUT2D eigenvalue weighted by Crippen LogP contribution is 2.29. The molecular formula is C27H19Cl2N3O2S. The van der Waals surface area contributed by atoms with Crippen LogP contribution >= 0.6 is 34.5 Å². The van der Waals surface area contributed by atoms with E-state index in [2.05, 4.69) is 10.3 Å². The van der Waals surface area contributed by atoms with Crippen molar-refractivity contribution in [2.45, 2.75) is 13.0 Å². The first kappa shape index (κ1) is 24.5. The number of halogens is 2. The Morgan fingerprint density at radius 1 is 1.06 bits per heavy atom. The summed E-state index contributed by atoms with van der Waals surface area (Å²) < 4.78 is 5.78. The Balaban J connectivity index is 1.37. The van der Waals surface area contributed by atoms with Gasteiger partial charge < -0.3 is 4.74 Å². The van der Waals surface area contributed by atoms with Crippen LogP contribution in [0.3, 0.4) is 0 Å².